The third-order valence-electron chi connectivity index (χ3n) is 6.30. The number of fused-ring (bicyclic) bond motifs is 1. The molecule has 2 saturated carbocycles. The lowest BCUT2D eigenvalue weighted by atomic mass is 9.42. The van der Waals surface area contributed by atoms with E-state index in [1.54, 1.807) is 0 Å². The van der Waals surface area contributed by atoms with Gasteiger partial charge in [0, 0.05) is 0 Å². The molecule has 2 rings (SSSR count). The van der Waals surface area contributed by atoms with Crippen LogP contribution >= 0.6 is 0 Å². The van der Waals surface area contributed by atoms with Crippen molar-refractivity contribution in [3.8, 4) is 0 Å². The van der Waals surface area contributed by atoms with Crippen molar-refractivity contribution in [2.24, 2.45) is 0 Å². The molecule has 0 saturated heterocycles. The monoisotopic (exact) mass is 590 g/mol. The standard InChI is InChI=1S/C14H4F22/c15-1(16)5(23)9(27)6(24,2(17)18)13(33,34)14(35,36)8(26,4(21)22)10(9,28)7(25,3(19)20)12(31,32)11(5,29)30/h1-4H. The molecular weight excluding hydrogens is 586 g/mol. The largest absolute Gasteiger partial charge is 0.356 e. The summed E-state index contributed by atoms with van der Waals surface area (Å²) in [6.45, 7) is 0. The van der Waals surface area contributed by atoms with E-state index >= 15 is 8.78 Å². The zero-order chi connectivity index (χ0) is 29.3. The van der Waals surface area contributed by atoms with Gasteiger partial charge in [-0.3, -0.25) is 0 Å². The minimum absolute atomic E-state index is 6.92. The Morgan fingerprint density at radius 1 is 0.250 bits per heavy atom. The molecule has 0 spiro atoms. The van der Waals surface area contributed by atoms with Gasteiger partial charge >= 0.3 is 23.7 Å². The molecule has 4 unspecified atom stereocenters. The molecular formula is C14H4F22. The summed E-state index contributed by atoms with van der Waals surface area (Å²) >= 11 is 0. The Morgan fingerprint density at radius 2 is 0.361 bits per heavy atom. The van der Waals surface area contributed by atoms with Crippen molar-refractivity contribution in [2.45, 2.75) is 83.4 Å². The van der Waals surface area contributed by atoms with Gasteiger partial charge in [-0.1, -0.05) is 0 Å². The molecule has 22 heteroatoms. The average Bonchev–Trinajstić information content (AvgIpc) is 2.72. The van der Waals surface area contributed by atoms with Crippen LogP contribution in [0.15, 0.2) is 0 Å². The topological polar surface area (TPSA) is 0 Å². The molecule has 0 aromatic heterocycles. The fourth-order valence-corrected chi connectivity index (χ4v) is 4.46. The summed E-state index contributed by atoms with van der Waals surface area (Å²) in [6, 6.07) is 0. The molecule has 0 aliphatic heterocycles. The Labute approximate surface area is 181 Å². The van der Waals surface area contributed by atoms with Crippen LogP contribution in [0.2, 0.25) is 0 Å². The number of hydrogen-bond acceptors (Lipinski definition) is 0. The van der Waals surface area contributed by atoms with Crippen molar-refractivity contribution in [1.29, 1.82) is 0 Å². The summed E-state index contributed by atoms with van der Waals surface area (Å²) in [6.07, 6.45) is -27.7. The second-order valence-corrected chi connectivity index (χ2v) is 7.66. The van der Waals surface area contributed by atoms with Gasteiger partial charge in [0.05, 0.1) is 0 Å². The maximum Gasteiger partial charge on any atom is 0.356 e. The number of halogens is 22. The third kappa shape index (κ3) is 2.18. The van der Waals surface area contributed by atoms with Crippen molar-refractivity contribution in [2.75, 3.05) is 0 Å². The average molecular weight is 590 g/mol. The quantitative estimate of drug-likeness (QED) is 0.314. The second-order valence-electron chi connectivity index (χ2n) is 7.66. The van der Waals surface area contributed by atoms with E-state index in [9.17, 15) is 87.8 Å². The first-order chi connectivity index (χ1) is 15.5. The van der Waals surface area contributed by atoms with Crippen LogP contribution in [0.5, 0.6) is 0 Å². The van der Waals surface area contributed by atoms with Crippen LogP contribution in [0, 0.1) is 0 Å². The summed E-state index contributed by atoms with van der Waals surface area (Å²) in [4.78, 5) is 0. The van der Waals surface area contributed by atoms with E-state index in [0.717, 1.165) is 0 Å². The number of alkyl halides is 22. The highest BCUT2D eigenvalue weighted by molar-refractivity contribution is 5.50. The molecule has 4 atom stereocenters. The molecule has 0 bridgehead atoms. The Balaban J connectivity index is 3.58. The summed E-state index contributed by atoms with van der Waals surface area (Å²) in [5.74, 6) is -34.6. The zero-order valence-electron chi connectivity index (χ0n) is 15.6. The van der Waals surface area contributed by atoms with Gasteiger partial charge in [0.1, 0.15) is 0 Å². The highest BCUT2D eigenvalue weighted by atomic mass is 19.4. The van der Waals surface area contributed by atoms with E-state index in [1.165, 1.54) is 0 Å². The Bertz CT molecular complexity index is 759. The molecule has 0 aromatic carbocycles. The second kappa shape index (κ2) is 7.10. The van der Waals surface area contributed by atoms with Crippen LogP contribution in [0.4, 0.5) is 96.6 Å². The summed E-state index contributed by atoms with van der Waals surface area (Å²) in [5, 5.41) is 0. The Hall–Kier alpha value is -1.54. The van der Waals surface area contributed by atoms with Crippen molar-refractivity contribution >= 4 is 0 Å². The molecule has 0 nitrogen and oxygen atoms in total. The lowest BCUT2D eigenvalue weighted by molar-refractivity contribution is -0.531. The molecule has 214 valence electrons. The van der Waals surface area contributed by atoms with Crippen molar-refractivity contribution in [1.82, 2.24) is 0 Å². The molecule has 36 heavy (non-hydrogen) atoms. The van der Waals surface area contributed by atoms with Crippen LogP contribution in [0.1, 0.15) is 0 Å². The zero-order valence-corrected chi connectivity index (χ0v) is 15.6. The SMILES string of the molecule is FC(F)C1(F)C(F)(F)C(F)(F)C(F)(C(F)F)C2(F)C(F)(C(F)F)C(F)(F)C(F)(F)C(F)(C(F)F)C12F. The smallest absolute Gasteiger partial charge is 0.232 e. The molecule has 0 amide bonds. The van der Waals surface area contributed by atoms with Gasteiger partial charge < -0.3 is 0 Å². The maximum absolute atomic E-state index is 15.5. The summed E-state index contributed by atoms with van der Waals surface area (Å²) in [7, 11) is 0. The van der Waals surface area contributed by atoms with Crippen LogP contribution in [0.25, 0.3) is 0 Å². The van der Waals surface area contributed by atoms with E-state index in [0.29, 0.717) is 0 Å². The molecule has 0 N–H and O–H groups in total. The predicted molar refractivity (Wildman–Crippen MR) is 66.8 cm³/mol. The van der Waals surface area contributed by atoms with Gasteiger partial charge in [-0.05, 0) is 0 Å². The Morgan fingerprint density at radius 3 is 0.444 bits per heavy atom. The van der Waals surface area contributed by atoms with Gasteiger partial charge in [-0.25, -0.2) is 61.5 Å². The van der Waals surface area contributed by atoms with Gasteiger partial charge in [-0.2, -0.15) is 35.1 Å². The molecule has 0 radical (unpaired) electrons. The molecule has 2 aliphatic carbocycles. The summed E-state index contributed by atoms with van der Waals surface area (Å²) < 4.78 is 309. The molecule has 0 aromatic rings. The molecule has 0 heterocycles. The lowest BCUT2D eigenvalue weighted by Crippen LogP contribution is -3.03. The number of hydrogen-bond donors (Lipinski definition) is 0. The van der Waals surface area contributed by atoms with E-state index in [4.69, 9.17) is 0 Å². The van der Waals surface area contributed by atoms with E-state index in [1.807, 2.05) is 0 Å². The van der Waals surface area contributed by atoms with Crippen molar-refractivity contribution in [3.63, 3.8) is 0 Å². The van der Waals surface area contributed by atoms with Gasteiger partial charge in [-0.15, -0.1) is 0 Å². The predicted octanol–water partition coefficient (Wildman–Crippen LogP) is 6.87. The fraction of sp³-hybridized carbons (Fsp3) is 1.00. The minimum Gasteiger partial charge on any atom is -0.232 e. The van der Waals surface area contributed by atoms with E-state index in [-0.39, 0.29) is 0 Å². The third-order valence-corrected chi connectivity index (χ3v) is 6.30. The van der Waals surface area contributed by atoms with Gasteiger partial charge in [0.25, 0.3) is 48.4 Å². The van der Waals surface area contributed by atoms with E-state index in [2.05, 4.69) is 0 Å². The first-order valence-corrected chi connectivity index (χ1v) is 8.30. The van der Waals surface area contributed by atoms with Crippen LogP contribution < -0.4 is 0 Å². The van der Waals surface area contributed by atoms with Crippen LogP contribution in [-0.4, -0.2) is 83.4 Å². The van der Waals surface area contributed by atoms with Crippen molar-refractivity contribution in [3.05, 3.63) is 0 Å². The van der Waals surface area contributed by atoms with Crippen LogP contribution in [0.3, 0.4) is 0 Å². The normalized spacial score (nSPS) is 47.5. The molecule has 2 aliphatic rings. The fourth-order valence-electron chi connectivity index (χ4n) is 4.46. The highest BCUT2D eigenvalue weighted by Gasteiger charge is 3.15. The maximum atomic E-state index is 15.5. The van der Waals surface area contributed by atoms with Gasteiger partial charge in [0.2, 0.25) is 11.3 Å². The first kappa shape index (κ1) is 30.7. The lowest BCUT2D eigenvalue weighted by Gasteiger charge is -2.69. The van der Waals surface area contributed by atoms with Crippen LogP contribution in [-0.2, 0) is 0 Å². The van der Waals surface area contributed by atoms with Gasteiger partial charge in [0.15, 0.2) is 0 Å². The Kier molecular flexibility index (Phi) is 6.05. The molecule has 2 fully saturated rings. The summed E-state index contributed by atoms with van der Waals surface area (Å²) in [5.41, 5.74) is -52.8. The first-order valence-electron chi connectivity index (χ1n) is 8.30. The number of rotatable bonds is 4. The van der Waals surface area contributed by atoms with E-state index < -0.39 is 83.4 Å². The highest BCUT2D eigenvalue weighted by Crippen LogP contribution is 2.82. The minimum atomic E-state index is -9.10. The van der Waals surface area contributed by atoms with Crippen molar-refractivity contribution < 1.29 is 96.6 Å².